The topological polar surface area (TPSA) is 53.2 Å². The van der Waals surface area contributed by atoms with Crippen LogP contribution < -0.4 is 16.0 Å². The molecule has 0 saturated carbocycles. The molecule has 2 rings (SSSR count). The van der Waals surface area contributed by atoms with Gasteiger partial charge in [-0.2, -0.15) is 0 Å². The van der Waals surface area contributed by atoms with E-state index in [2.05, 4.69) is 0 Å². The largest absolute Gasteiger partial charge is 0.496 e. The van der Waals surface area contributed by atoms with Crippen LogP contribution in [-0.4, -0.2) is 16.2 Å². The molecule has 0 aliphatic rings. The van der Waals surface area contributed by atoms with E-state index in [-0.39, 0.29) is 17.8 Å². The average Bonchev–Trinajstić information content (AvgIpc) is 2.47. The normalized spacial score (nSPS) is 10.6. The molecule has 0 fully saturated rings. The van der Waals surface area contributed by atoms with Gasteiger partial charge in [0.1, 0.15) is 5.75 Å². The first-order valence-corrected chi connectivity index (χ1v) is 7.07. The van der Waals surface area contributed by atoms with E-state index in [1.165, 1.54) is 28.5 Å². The molecule has 0 atom stereocenters. The predicted octanol–water partition coefficient (Wildman–Crippen LogP) is 2.13. The minimum atomic E-state index is -0.339. The van der Waals surface area contributed by atoms with Crippen LogP contribution in [0.3, 0.4) is 0 Å². The van der Waals surface area contributed by atoms with Gasteiger partial charge in [0, 0.05) is 29.4 Å². The zero-order valence-corrected chi connectivity index (χ0v) is 12.8. The molecule has 2 aromatic rings. The second-order valence-corrected chi connectivity index (χ2v) is 5.11. The van der Waals surface area contributed by atoms with Crippen LogP contribution in [0, 0.1) is 0 Å². The van der Waals surface area contributed by atoms with Crippen LogP contribution in [0.1, 0.15) is 18.9 Å². The fourth-order valence-electron chi connectivity index (χ4n) is 2.15. The first kappa shape index (κ1) is 15.4. The molecule has 1 heterocycles. The molecule has 0 amide bonds. The SMILES string of the molecule is CCCn1ccc(=O)n(Cc2cc(Cl)ccc2OC)c1=O. The highest BCUT2D eigenvalue weighted by Crippen LogP contribution is 2.22. The minimum Gasteiger partial charge on any atom is -0.496 e. The van der Waals surface area contributed by atoms with Gasteiger partial charge < -0.3 is 9.30 Å². The molecule has 0 aliphatic carbocycles. The summed E-state index contributed by atoms with van der Waals surface area (Å²) < 4.78 is 7.96. The van der Waals surface area contributed by atoms with Crippen molar-refractivity contribution in [3.63, 3.8) is 0 Å². The molecule has 0 radical (unpaired) electrons. The second kappa shape index (κ2) is 6.63. The van der Waals surface area contributed by atoms with Crippen LogP contribution in [0.4, 0.5) is 0 Å². The third-order valence-electron chi connectivity index (χ3n) is 3.18. The van der Waals surface area contributed by atoms with E-state index in [0.29, 0.717) is 22.9 Å². The molecule has 0 spiro atoms. The van der Waals surface area contributed by atoms with E-state index in [4.69, 9.17) is 16.3 Å². The number of rotatable bonds is 5. The van der Waals surface area contributed by atoms with Gasteiger partial charge in [0.05, 0.1) is 13.7 Å². The lowest BCUT2D eigenvalue weighted by molar-refractivity contribution is 0.407. The Morgan fingerprint density at radius 2 is 2.00 bits per heavy atom. The summed E-state index contributed by atoms with van der Waals surface area (Å²) in [5.74, 6) is 0.594. The fraction of sp³-hybridized carbons (Fsp3) is 0.333. The van der Waals surface area contributed by atoms with Crippen molar-refractivity contribution in [3.05, 3.63) is 61.9 Å². The molecule has 21 heavy (non-hydrogen) atoms. The Morgan fingerprint density at radius 1 is 1.24 bits per heavy atom. The van der Waals surface area contributed by atoms with Gasteiger partial charge in [-0.1, -0.05) is 18.5 Å². The van der Waals surface area contributed by atoms with E-state index in [9.17, 15) is 9.59 Å². The average molecular weight is 309 g/mol. The van der Waals surface area contributed by atoms with Gasteiger partial charge in [-0.25, -0.2) is 4.79 Å². The number of aryl methyl sites for hydroxylation is 1. The molecular formula is C15H17ClN2O3. The van der Waals surface area contributed by atoms with Gasteiger partial charge in [0.15, 0.2) is 0 Å². The van der Waals surface area contributed by atoms with Gasteiger partial charge in [0.25, 0.3) is 5.56 Å². The van der Waals surface area contributed by atoms with Gasteiger partial charge in [-0.15, -0.1) is 0 Å². The van der Waals surface area contributed by atoms with E-state index in [0.717, 1.165) is 6.42 Å². The van der Waals surface area contributed by atoms with Crippen LogP contribution in [0.15, 0.2) is 40.1 Å². The second-order valence-electron chi connectivity index (χ2n) is 4.67. The van der Waals surface area contributed by atoms with E-state index < -0.39 is 0 Å². The third kappa shape index (κ3) is 3.36. The molecule has 0 unspecified atom stereocenters. The molecule has 1 aromatic carbocycles. The summed E-state index contributed by atoms with van der Waals surface area (Å²) in [6.45, 7) is 2.68. The maximum Gasteiger partial charge on any atom is 0.331 e. The van der Waals surface area contributed by atoms with Crippen molar-refractivity contribution in [2.24, 2.45) is 0 Å². The number of nitrogens with zero attached hydrogens (tertiary/aromatic N) is 2. The van der Waals surface area contributed by atoms with Crippen LogP contribution in [-0.2, 0) is 13.1 Å². The number of ether oxygens (including phenoxy) is 1. The summed E-state index contributed by atoms with van der Waals surface area (Å²) in [7, 11) is 1.54. The quantitative estimate of drug-likeness (QED) is 0.850. The Balaban J connectivity index is 2.49. The first-order valence-electron chi connectivity index (χ1n) is 6.69. The Labute approximate surface area is 127 Å². The van der Waals surface area contributed by atoms with Gasteiger partial charge in [-0.3, -0.25) is 9.36 Å². The number of aromatic nitrogens is 2. The van der Waals surface area contributed by atoms with Crippen molar-refractivity contribution >= 4 is 11.6 Å². The number of methoxy groups -OCH3 is 1. The molecular weight excluding hydrogens is 292 g/mol. The number of hydrogen-bond donors (Lipinski definition) is 0. The third-order valence-corrected chi connectivity index (χ3v) is 3.41. The van der Waals surface area contributed by atoms with E-state index in [1.807, 2.05) is 6.92 Å². The molecule has 1 aromatic heterocycles. The van der Waals surface area contributed by atoms with E-state index in [1.54, 1.807) is 18.2 Å². The molecule has 0 N–H and O–H groups in total. The van der Waals surface area contributed by atoms with Crippen molar-refractivity contribution < 1.29 is 4.74 Å². The highest BCUT2D eigenvalue weighted by Gasteiger charge is 2.10. The summed E-state index contributed by atoms with van der Waals surface area (Å²) >= 11 is 5.97. The molecule has 0 aliphatic heterocycles. The Kier molecular flexibility index (Phi) is 4.85. The van der Waals surface area contributed by atoms with Crippen molar-refractivity contribution in [1.29, 1.82) is 0 Å². The smallest absolute Gasteiger partial charge is 0.331 e. The summed E-state index contributed by atoms with van der Waals surface area (Å²) in [4.78, 5) is 24.3. The lowest BCUT2D eigenvalue weighted by atomic mass is 10.2. The van der Waals surface area contributed by atoms with Crippen molar-refractivity contribution in [2.75, 3.05) is 7.11 Å². The molecule has 0 bridgehead atoms. The van der Waals surface area contributed by atoms with Gasteiger partial charge >= 0.3 is 5.69 Å². The standard InChI is InChI=1S/C15H17ClN2O3/c1-3-7-17-8-6-14(19)18(15(17)20)10-11-9-12(16)4-5-13(11)21-2/h4-6,8-9H,3,7,10H2,1-2H3. The van der Waals surface area contributed by atoms with E-state index >= 15 is 0 Å². The number of hydrogen-bond acceptors (Lipinski definition) is 3. The maximum absolute atomic E-state index is 12.3. The Bertz CT molecular complexity index is 749. The fourth-order valence-corrected chi connectivity index (χ4v) is 2.35. The van der Waals surface area contributed by atoms with Crippen molar-refractivity contribution in [1.82, 2.24) is 9.13 Å². The lowest BCUT2D eigenvalue weighted by Crippen LogP contribution is -2.39. The zero-order chi connectivity index (χ0) is 15.4. The maximum atomic E-state index is 12.3. The first-order chi connectivity index (χ1) is 10.1. The van der Waals surface area contributed by atoms with Crippen LogP contribution >= 0.6 is 11.6 Å². The molecule has 5 nitrogen and oxygen atoms in total. The number of halogens is 1. The highest BCUT2D eigenvalue weighted by atomic mass is 35.5. The minimum absolute atomic E-state index is 0.131. The molecule has 6 heteroatoms. The molecule has 0 saturated heterocycles. The monoisotopic (exact) mass is 308 g/mol. The highest BCUT2D eigenvalue weighted by molar-refractivity contribution is 6.30. The van der Waals surface area contributed by atoms with Crippen LogP contribution in [0.25, 0.3) is 0 Å². The Morgan fingerprint density at radius 3 is 2.67 bits per heavy atom. The van der Waals surface area contributed by atoms with Gasteiger partial charge in [-0.05, 0) is 24.6 Å². The summed E-state index contributed by atoms with van der Waals surface area (Å²) in [6.07, 6.45) is 2.35. The predicted molar refractivity (Wildman–Crippen MR) is 82.4 cm³/mol. The number of benzene rings is 1. The Hall–Kier alpha value is -2.01. The summed E-state index contributed by atoms with van der Waals surface area (Å²) in [5.41, 5.74) is 0.0270. The summed E-state index contributed by atoms with van der Waals surface area (Å²) in [6, 6.07) is 6.51. The van der Waals surface area contributed by atoms with Crippen LogP contribution in [0.2, 0.25) is 5.02 Å². The van der Waals surface area contributed by atoms with Crippen molar-refractivity contribution in [3.8, 4) is 5.75 Å². The lowest BCUT2D eigenvalue weighted by Gasteiger charge is -2.12. The zero-order valence-electron chi connectivity index (χ0n) is 12.0. The summed E-state index contributed by atoms with van der Waals surface area (Å²) in [5, 5.41) is 0.531. The van der Waals surface area contributed by atoms with Crippen LogP contribution in [0.5, 0.6) is 5.75 Å². The molecule has 112 valence electrons. The van der Waals surface area contributed by atoms with Crippen molar-refractivity contribution in [2.45, 2.75) is 26.4 Å². The van der Waals surface area contributed by atoms with Gasteiger partial charge in [0.2, 0.25) is 0 Å².